The third kappa shape index (κ3) is 2.35. The molecule has 1 aliphatic heterocycles. The molecule has 24 heavy (non-hydrogen) atoms. The second-order valence-electron chi connectivity index (χ2n) is 5.79. The molecule has 0 saturated carbocycles. The Kier molecular flexibility index (Phi) is 3.16. The van der Waals surface area contributed by atoms with Crippen molar-refractivity contribution in [3.8, 4) is 10.4 Å². The van der Waals surface area contributed by atoms with Crippen molar-refractivity contribution in [2.24, 2.45) is 5.73 Å². The summed E-state index contributed by atoms with van der Waals surface area (Å²) in [5, 5.41) is 0.680. The van der Waals surface area contributed by atoms with E-state index in [-0.39, 0.29) is 11.5 Å². The number of pyridine rings is 1. The molecule has 0 spiro atoms. The molecule has 0 fully saturated rings. The number of primary amides is 1. The van der Waals surface area contributed by atoms with Crippen molar-refractivity contribution in [2.45, 2.75) is 11.5 Å². The lowest BCUT2D eigenvalue weighted by Crippen LogP contribution is -2.11. The van der Waals surface area contributed by atoms with Gasteiger partial charge in [0, 0.05) is 16.5 Å². The SMILES string of the molecule is NC(=O)c1cnc(N)c2cc(-c3ccc4c(c3)CS(=O)(=O)C4)sc12. The molecule has 1 aromatic carbocycles. The zero-order valence-corrected chi connectivity index (χ0v) is 14.1. The quantitative estimate of drug-likeness (QED) is 0.726. The van der Waals surface area contributed by atoms with E-state index in [1.807, 2.05) is 24.3 Å². The molecular formula is C16H13N3O3S2. The standard InChI is InChI=1S/C16H13N3O3S2/c17-15-11-4-13(23-14(11)12(5-19-15)16(18)20)8-1-2-9-6-24(21,22)7-10(9)3-8/h1-5H,6-7H2,(H2,17,19)(H2,18,20). The Balaban J connectivity index is 1.88. The second kappa shape index (κ2) is 5.02. The van der Waals surface area contributed by atoms with Gasteiger partial charge >= 0.3 is 0 Å². The highest BCUT2D eigenvalue weighted by Crippen LogP contribution is 2.39. The Labute approximate surface area is 142 Å². The number of hydrogen-bond donors (Lipinski definition) is 2. The summed E-state index contributed by atoms with van der Waals surface area (Å²) >= 11 is 1.39. The maximum absolute atomic E-state index is 11.8. The van der Waals surface area contributed by atoms with Crippen LogP contribution in [0.15, 0.2) is 30.5 Å². The average Bonchev–Trinajstić information content (AvgIpc) is 3.06. The van der Waals surface area contributed by atoms with E-state index in [1.165, 1.54) is 17.5 Å². The van der Waals surface area contributed by atoms with Crippen LogP contribution in [0.25, 0.3) is 20.5 Å². The zero-order valence-electron chi connectivity index (χ0n) is 12.4. The predicted molar refractivity (Wildman–Crippen MR) is 94.3 cm³/mol. The average molecular weight is 359 g/mol. The van der Waals surface area contributed by atoms with Crippen molar-refractivity contribution in [1.29, 1.82) is 0 Å². The van der Waals surface area contributed by atoms with Crippen LogP contribution in [0, 0.1) is 0 Å². The molecule has 2 aromatic heterocycles. The van der Waals surface area contributed by atoms with E-state index in [0.29, 0.717) is 21.5 Å². The number of aromatic nitrogens is 1. The van der Waals surface area contributed by atoms with Crippen molar-refractivity contribution in [1.82, 2.24) is 4.98 Å². The lowest BCUT2D eigenvalue weighted by Gasteiger charge is -2.01. The number of carbonyl (C=O) groups excluding carboxylic acids is 1. The number of nitrogens with zero attached hydrogens (tertiary/aromatic N) is 1. The van der Waals surface area contributed by atoms with Crippen molar-refractivity contribution < 1.29 is 13.2 Å². The molecule has 0 unspecified atom stereocenters. The number of nitrogens with two attached hydrogens (primary N) is 2. The smallest absolute Gasteiger partial charge is 0.251 e. The molecule has 122 valence electrons. The number of fused-ring (bicyclic) bond motifs is 2. The Bertz CT molecular complexity index is 1120. The van der Waals surface area contributed by atoms with Gasteiger partial charge < -0.3 is 11.5 Å². The van der Waals surface area contributed by atoms with Gasteiger partial charge in [-0.25, -0.2) is 13.4 Å². The van der Waals surface area contributed by atoms with Crippen molar-refractivity contribution in [2.75, 3.05) is 5.73 Å². The summed E-state index contributed by atoms with van der Waals surface area (Å²) in [6.07, 6.45) is 1.38. The Hall–Kier alpha value is -2.45. The largest absolute Gasteiger partial charge is 0.383 e. The molecular weight excluding hydrogens is 346 g/mol. The normalized spacial score (nSPS) is 15.5. The van der Waals surface area contributed by atoms with E-state index >= 15 is 0 Å². The molecule has 4 rings (SSSR count). The van der Waals surface area contributed by atoms with Crippen LogP contribution in [0.4, 0.5) is 5.82 Å². The van der Waals surface area contributed by atoms with Gasteiger partial charge in [0.2, 0.25) is 0 Å². The third-order valence-corrected chi connectivity index (χ3v) is 6.81. The van der Waals surface area contributed by atoms with E-state index < -0.39 is 15.7 Å². The fourth-order valence-electron chi connectivity index (χ4n) is 2.94. The zero-order chi connectivity index (χ0) is 17.1. The van der Waals surface area contributed by atoms with Gasteiger partial charge in [-0.3, -0.25) is 4.79 Å². The first-order chi connectivity index (χ1) is 11.3. The van der Waals surface area contributed by atoms with Crippen molar-refractivity contribution >= 4 is 43.0 Å². The number of rotatable bonds is 2. The molecule has 0 bridgehead atoms. The highest BCUT2D eigenvalue weighted by molar-refractivity contribution is 7.90. The maximum atomic E-state index is 11.8. The van der Waals surface area contributed by atoms with Gasteiger partial charge in [-0.05, 0) is 28.8 Å². The van der Waals surface area contributed by atoms with Gasteiger partial charge in [0.05, 0.1) is 21.8 Å². The van der Waals surface area contributed by atoms with E-state index in [2.05, 4.69) is 4.98 Å². The van der Waals surface area contributed by atoms with Gasteiger partial charge in [-0.15, -0.1) is 11.3 Å². The summed E-state index contributed by atoms with van der Waals surface area (Å²) in [7, 11) is -3.04. The molecule has 0 saturated heterocycles. The molecule has 6 nitrogen and oxygen atoms in total. The van der Waals surface area contributed by atoms with E-state index in [4.69, 9.17) is 11.5 Å². The molecule has 1 aliphatic rings. The van der Waals surface area contributed by atoms with Gasteiger partial charge in [0.15, 0.2) is 9.84 Å². The monoisotopic (exact) mass is 359 g/mol. The number of anilines is 1. The molecule has 0 aliphatic carbocycles. The molecule has 0 atom stereocenters. The first-order valence-corrected chi connectivity index (χ1v) is 9.78. The number of carbonyl (C=O) groups is 1. The Morgan fingerprint density at radius 1 is 1.17 bits per heavy atom. The fraction of sp³-hybridized carbons (Fsp3) is 0.125. The molecule has 1 amide bonds. The molecule has 3 aromatic rings. The Morgan fingerprint density at radius 3 is 2.67 bits per heavy atom. The van der Waals surface area contributed by atoms with Crippen LogP contribution in [0.3, 0.4) is 0 Å². The van der Waals surface area contributed by atoms with Crippen LogP contribution in [-0.2, 0) is 21.3 Å². The summed E-state index contributed by atoms with van der Waals surface area (Å²) in [5.74, 6) is -0.0585. The van der Waals surface area contributed by atoms with Crippen LogP contribution < -0.4 is 11.5 Å². The van der Waals surface area contributed by atoms with Crippen LogP contribution in [0.5, 0.6) is 0 Å². The van der Waals surface area contributed by atoms with Crippen LogP contribution in [0.2, 0.25) is 0 Å². The van der Waals surface area contributed by atoms with E-state index in [0.717, 1.165) is 21.6 Å². The third-order valence-electron chi connectivity index (χ3n) is 4.09. The minimum atomic E-state index is -3.04. The first-order valence-electron chi connectivity index (χ1n) is 7.14. The summed E-state index contributed by atoms with van der Waals surface area (Å²) in [5.41, 5.74) is 14.2. The molecule has 0 radical (unpaired) electrons. The lowest BCUT2D eigenvalue weighted by atomic mass is 10.1. The first kappa shape index (κ1) is 15.1. The molecule has 4 N–H and O–H groups in total. The van der Waals surface area contributed by atoms with Crippen LogP contribution in [0.1, 0.15) is 21.5 Å². The van der Waals surface area contributed by atoms with Gasteiger partial charge in [0.25, 0.3) is 5.91 Å². The summed E-state index contributed by atoms with van der Waals surface area (Å²) in [6, 6.07) is 7.48. The number of sulfone groups is 1. The van der Waals surface area contributed by atoms with E-state index in [1.54, 1.807) is 0 Å². The number of nitrogen functional groups attached to an aromatic ring is 1. The van der Waals surface area contributed by atoms with Gasteiger partial charge in [-0.2, -0.15) is 0 Å². The molecule has 3 heterocycles. The number of hydrogen-bond acceptors (Lipinski definition) is 6. The van der Waals surface area contributed by atoms with Gasteiger partial charge in [0.1, 0.15) is 5.82 Å². The van der Waals surface area contributed by atoms with Crippen LogP contribution >= 0.6 is 11.3 Å². The molecule has 8 heteroatoms. The summed E-state index contributed by atoms with van der Waals surface area (Å²) in [4.78, 5) is 16.5. The second-order valence-corrected chi connectivity index (χ2v) is 8.91. The highest BCUT2D eigenvalue weighted by Gasteiger charge is 2.25. The Morgan fingerprint density at radius 2 is 1.92 bits per heavy atom. The number of benzene rings is 1. The lowest BCUT2D eigenvalue weighted by molar-refractivity contribution is 0.100. The fourth-order valence-corrected chi connectivity index (χ4v) is 5.72. The van der Waals surface area contributed by atoms with E-state index in [9.17, 15) is 13.2 Å². The summed E-state index contributed by atoms with van der Waals surface area (Å²) in [6.45, 7) is 0. The highest BCUT2D eigenvalue weighted by atomic mass is 32.2. The predicted octanol–water partition coefficient (Wildman–Crippen LogP) is 2.07. The van der Waals surface area contributed by atoms with Crippen molar-refractivity contribution in [3.05, 3.63) is 47.2 Å². The minimum absolute atomic E-state index is 0.0668. The number of amides is 1. The minimum Gasteiger partial charge on any atom is -0.383 e. The van der Waals surface area contributed by atoms with Crippen LogP contribution in [-0.4, -0.2) is 19.3 Å². The van der Waals surface area contributed by atoms with Crippen molar-refractivity contribution in [3.63, 3.8) is 0 Å². The maximum Gasteiger partial charge on any atom is 0.251 e. The summed E-state index contributed by atoms with van der Waals surface area (Å²) < 4.78 is 24.2. The van der Waals surface area contributed by atoms with Gasteiger partial charge in [-0.1, -0.05) is 12.1 Å². The topological polar surface area (TPSA) is 116 Å². The number of thiophene rings is 1.